The number of aliphatic hydroxyl groups is 1. The van der Waals surface area contributed by atoms with E-state index >= 15 is 0 Å². The SMILES string of the molecule is Cc1ccc(C(O)c2ccccc2)cc1.[CH3-].[CH3-].[CH3-].[CH3-].[Zr].c1cc[cH-]c1. The van der Waals surface area contributed by atoms with E-state index in [1.54, 1.807) is 0 Å². The van der Waals surface area contributed by atoms with Gasteiger partial charge in [0.2, 0.25) is 0 Å². The van der Waals surface area contributed by atoms with Gasteiger partial charge >= 0.3 is 0 Å². The molecule has 3 aromatic rings. The van der Waals surface area contributed by atoms with E-state index in [-0.39, 0.29) is 55.9 Å². The van der Waals surface area contributed by atoms with Gasteiger partial charge in [-0.1, -0.05) is 60.2 Å². The Labute approximate surface area is 175 Å². The Balaban J connectivity index is -0.000000194. The minimum Gasteiger partial charge on any atom is -0.384 e. The molecule has 0 radical (unpaired) electrons. The molecule has 1 nitrogen and oxygen atoms in total. The number of benzene rings is 2. The van der Waals surface area contributed by atoms with Gasteiger partial charge in [-0.3, -0.25) is 0 Å². The van der Waals surface area contributed by atoms with E-state index in [2.05, 4.69) is 0 Å². The largest absolute Gasteiger partial charge is 0.384 e. The fraction of sp³-hybridized carbons (Fsp3) is 0.0870. The van der Waals surface area contributed by atoms with Crippen LogP contribution in [0.3, 0.4) is 0 Å². The van der Waals surface area contributed by atoms with Gasteiger partial charge in [0.05, 0.1) is 0 Å². The van der Waals surface area contributed by atoms with Crippen molar-refractivity contribution in [3.05, 3.63) is 131 Å². The van der Waals surface area contributed by atoms with Crippen LogP contribution in [0.25, 0.3) is 0 Å². The maximum Gasteiger partial charge on any atom is 0.104 e. The van der Waals surface area contributed by atoms with Gasteiger partial charge in [0.1, 0.15) is 6.10 Å². The van der Waals surface area contributed by atoms with Gasteiger partial charge in [0, 0.05) is 26.2 Å². The Morgan fingerprint density at radius 1 is 0.680 bits per heavy atom. The number of aryl methyl sites for hydroxylation is 1. The molecule has 1 unspecified atom stereocenters. The predicted molar refractivity (Wildman–Crippen MR) is 109 cm³/mol. The quantitative estimate of drug-likeness (QED) is 0.489. The van der Waals surface area contributed by atoms with Gasteiger partial charge in [-0.15, -0.1) is 0 Å². The van der Waals surface area contributed by atoms with Crippen LogP contribution in [0.5, 0.6) is 0 Å². The molecule has 0 aliphatic heterocycles. The van der Waals surface area contributed by atoms with E-state index in [1.165, 1.54) is 5.56 Å². The summed E-state index contributed by atoms with van der Waals surface area (Å²) < 4.78 is 0. The summed E-state index contributed by atoms with van der Waals surface area (Å²) in [4.78, 5) is 0. The number of hydrogen-bond donors (Lipinski definition) is 1. The molecule has 25 heavy (non-hydrogen) atoms. The van der Waals surface area contributed by atoms with Crippen LogP contribution in [0, 0.1) is 36.6 Å². The van der Waals surface area contributed by atoms with Crippen molar-refractivity contribution >= 4 is 0 Å². The maximum absolute atomic E-state index is 10.1. The molecular formula is C23H31OZr-5. The third-order valence-corrected chi connectivity index (χ3v) is 3.06. The van der Waals surface area contributed by atoms with Crippen molar-refractivity contribution in [2.45, 2.75) is 13.0 Å². The molecule has 0 aliphatic carbocycles. The van der Waals surface area contributed by atoms with Crippen molar-refractivity contribution < 1.29 is 31.3 Å². The molecule has 0 spiro atoms. The van der Waals surface area contributed by atoms with Crippen LogP contribution in [0.4, 0.5) is 0 Å². The Bertz CT molecular complexity index is 569. The summed E-state index contributed by atoms with van der Waals surface area (Å²) in [7, 11) is 0. The van der Waals surface area contributed by atoms with Crippen molar-refractivity contribution in [1.29, 1.82) is 0 Å². The molecule has 0 saturated heterocycles. The molecule has 0 fully saturated rings. The third kappa shape index (κ3) is 11.0. The molecule has 3 aromatic carbocycles. The first kappa shape index (κ1) is 31.4. The first-order valence-electron chi connectivity index (χ1n) is 6.73. The molecule has 2 heteroatoms. The topological polar surface area (TPSA) is 20.2 Å². The number of hydrogen-bond acceptors (Lipinski definition) is 1. The van der Waals surface area contributed by atoms with Crippen molar-refractivity contribution in [2.24, 2.45) is 0 Å². The standard InChI is InChI=1S/C14H14O.C5H5.4CH3.Zr/c1-11-7-9-13(10-8-11)14(15)12-5-3-2-4-6-12;1-2-4-5-3-1;;;;;/h2-10,14-15H,1H3;1-5H;4*1H3;/q;5*-1;. The fourth-order valence-corrected chi connectivity index (χ4v) is 1.90. The average Bonchev–Trinajstić information content (AvgIpc) is 3.08. The van der Waals surface area contributed by atoms with Crippen LogP contribution < -0.4 is 0 Å². The van der Waals surface area contributed by atoms with Crippen molar-refractivity contribution in [2.75, 3.05) is 0 Å². The zero-order chi connectivity index (χ0) is 14.2. The predicted octanol–water partition coefficient (Wildman–Crippen LogP) is 6.28. The third-order valence-electron chi connectivity index (χ3n) is 3.06. The van der Waals surface area contributed by atoms with Gasteiger partial charge in [-0.2, -0.15) is 18.2 Å². The molecule has 1 N–H and O–H groups in total. The molecule has 0 heterocycles. The minimum atomic E-state index is -0.521. The summed E-state index contributed by atoms with van der Waals surface area (Å²) in [5, 5.41) is 10.1. The zero-order valence-corrected chi connectivity index (χ0v) is 18.6. The van der Waals surface area contributed by atoms with E-state index in [0.29, 0.717) is 0 Å². The molecule has 0 aliphatic rings. The minimum absolute atomic E-state index is 0. The van der Waals surface area contributed by atoms with Gasteiger partial charge in [0.15, 0.2) is 0 Å². The van der Waals surface area contributed by atoms with Gasteiger partial charge in [0.25, 0.3) is 0 Å². The van der Waals surface area contributed by atoms with Crippen molar-refractivity contribution in [3.8, 4) is 0 Å². The molecule has 0 amide bonds. The Hall–Kier alpha value is -1.37. The zero-order valence-electron chi connectivity index (χ0n) is 16.1. The van der Waals surface area contributed by atoms with Crippen molar-refractivity contribution in [3.63, 3.8) is 0 Å². The summed E-state index contributed by atoms with van der Waals surface area (Å²) in [5.41, 5.74) is 3.08. The Morgan fingerprint density at radius 2 is 1.12 bits per heavy atom. The van der Waals surface area contributed by atoms with E-state index in [0.717, 1.165) is 11.1 Å². The van der Waals surface area contributed by atoms with E-state index in [4.69, 9.17) is 0 Å². The molecule has 138 valence electrons. The number of rotatable bonds is 2. The second-order valence-corrected chi connectivity index (χ2v) is 4.69. The molecule has 1 atom stereocenters. The van der Waals surface area contributed by atoms with Gasteiger partial charge in [-0.25, -0.2) is 12.1 Å². The van der Waals surface area contributed by atoms with Crippen LogP contribution in [0.15, 0.2) is 84.9 Å². The van der Waals surface area contributed by atoms with Crippen LogP contribution in [-0.4, -0.2) is 5.11 Å². The second kappa shape index (κ2) is 17.5. The van der Waals surface area contributed by atoms with Crippen LogP contribution in [-0.2, 0) is 26.2 Å². The Kier molecular flexibility index (Phi) is 21.9. The summed E-state index contributed by atoms with van der Waals surface area (Å²) in [6.45, 7) is 2.04. The number of aliphatic hydroxyl groups excluding tert-OH is 1. The van der Waals surface area contributed by atoms with Crippen LogP contribution in [0.2, 0.25) is 0 Å². The Morgan fingerprint density at radius 3 is 1.52 bits per heavy atom. The summed E-state index contributed by atoms with van der Waals surface area (Å²) in [6.07, 6.45) is -0.521. The van der Waals surface area contributed by atoms with Gasteiger partial charge < -0.3 is 34.8 Å². The first-order valence-corrected chi connectivity index (χ1v) is 6.73. The smallest absolute Gasteiger partial charge is 0.104 e. The monoisotopic (exact) mass is 413 g/mol. The summed E-state index contributed by atoms with van der Waals surface area (Å²) >= 11 is 0. The molecule has 0 saturated carbocycles. The van der Waals surface area contributed by atoms with E-state index in [1.807, 2.05) is 91.9 Å². The van der Waals surface area contributed by atoms with Crippen molar-refractivity contribution in [1.82, 2.24) is 0 Å². The molecule has 0 bridgehead atoms. The summed E-state index contributed by atoms with van der Waals surface area (Å²) in [6, 6.07) is 27.7. The molecule has 3 rings (SSSR count). The van der Waals surface area contributed by atoms with Crippen LogP contribution >= 0.6 is 0 Å². The fourth-order valence-electron chi connectivity index (χ4n) is 1.90. The van der Waals surface area contributed by atoms with E-state index in [9.17, 15) is 5.11 Å². The van der Waals surface area contributed by atoms with E-state index < -0.39 is 6.10 Å². The first-order chi connectivity index (χ1) is 9.77. The average molecular weight is 415 g/mol. The second-order valence-electron chi connectivity index (χ2n) is 4.69. The summed E-state index contributed by atoms with van der Waals surface area (Å²) in [5.74, 6) is 0. The normalized spacial score (nSPS) is 9.04. The molecule has 0 aromatic heterocycles. The molecular weight excluding hydrogens is 383 g/mol. The maximum atomic E-state index is 10.1. The van der Waals surface area contributed by atoms with Gasteiger partial charge in [-0.05, 0) is 18.1 Å². The van der Waals surface area contributed by atoms with Crippen LogP contribution in [0.1, 0.15) is 22.8 Å².